The van der Waals surface area contributed by atoms with E-state index in [0.29, 0.717) is 36.4 Å². The summed E-state index contributed by atoms with van der Waals surface area (Å²) in [6, 6.07) is 3.15. The number of aliphatic hydroxyl groups excluding tert-OH is 2. The van der Waals surface area contributed by atoms with Crippen LogP contribution in [0, 0.1) is 36.5 Å². The summed E-state index contributed by atoms with van der Waals surface area (Å²) in [7, 11) is 1.44. The number of fused-ring (bicyclic) bond motifs is 2. The number of nitrogens with zero attached hydrogens (tertiary/aromatic N) is 3. The van der Waals surface area contributed by atoms with Crippen LogP contribution in [0.15, 0.2) is 62.3 Å². The second-order valence-corrected chi connectivity index (χ2v) is 21.3. The summed E-state index contributed by atoms with van der Waals surface area (Å²) in [5.41, 5.74) is -1.46. The molecule has 18 nitrogen and oxygen atoms in total. The van der Waals surface area contributed by atoms with Gasteiger partial charge in [-0.1, -0.05) is 75.7 Å². The number of benzene rings is 3. The SMILES string of the molecule is CO[C@H]1/C=C/O[C@@]2(C)Oc3c(C)c(O)c4c(=O)c(c5oc6cc(N7CCN(CC(C)C)CC7)cc(=O)c6nc5c4c3=C2O)NC(=O)/C(C)=C\C=C\[C@H](C)[C@H](OC(=O)CCCBr)[C@@H](C)[C@@H](O)[C@@H](C)[C@H](OC(C)=O)[C@@H]1C. The first-order valence-corrected chi connectivity index (χ1v) is 26.3. The zero-order valence-electron chi connectivity index (χ0n) is 43.9. The molecule has 0 aliphatic carbocycles. The van der Waals surface area contributed by atoms with E-state index in [9.17, 15) is 34.5 Å². The molecular formula is C55H69BrN4O14. The number of carbonyl (C=O) groups is 3. The summed E-state index contributed by atoms with van der Waals surface area (Å²) in [4.78, 5) is 78.6. The fourth-order valence-electron chi connectivity index (χ4n) is 10.4. The Bertz CT molecular complexity index is 3090. The number of hydrogen-bond acceptors (Lipinski definition) is 17. The van der Waals surface area contributed by atoms with E-state index >= 15 is 4.79 Å². The van der Waals surface area contributed by atoms with Gasteiger partial charge >= 0.3 is 17.7 Å². The minimum Gasteiger partial charge on any atom is -0.507 e. The minimum absolute atomic E-state index is 0.0287. The van der Waals surface area contributed by atoms with E-state index in [0.717, 1.165) is 19.6 Å². The normalized spacial score (nSPS) is 28.0. The van der Waals surface area contributed by atoms with Gasteiger partial charge in [-0.05, 0) is 32.3 Å². The molecule has 0 unspecified atom stereocenters. The Morgan fingerprint density at radius 1 is 0.959 bits per heavy atom. The number of halogens is 1. The highest BCUT2D eigenvalue weighted by Crippen LogP contribution is 2.42. The first-order chi connectivity index (χ1) is 35.0. The number of methoxy groups -OCH3 is 1. The van der Waals surface area contributed by atoms with Crippen molar-refractivity contribution in [3.05, 3.63) is 79.5 Å². The summed E-state index contributed by atoms with van der Waals surface area (Å²) in [5.74, 6) is -7.10. The van der Waals surface area contributed by atoms with Crippen LogP contribution in [-0.4, -0.2) is 118 Å². The summed E-state index contributed by atoms with van der Waals surface area (Å²) >= 11 is 3.36. The number of anilines is 2. The first-order valence-electron chi connectivity index (χ1n) is 25.2. The van der Waals surface area contributed by atoms with Gasteiger partial charge in [-0.25, -0.2) is 4.98 Å². The van der Waals surface area contributed by atoms with Gasteiger partial charge in [-0.15, -0.1) is 0 Å². The minimum atomic E-state index is -2.01. The summed E-state index contributed by atoms with van der Waals surface area (Å²) in [5, 5.41) is 39.1. The third-order valence-electron chi connectivity index (χ3n) is 14.5. The molecule has 1 fully saturated rings. The zero-order valence-corrected chi connectivity index (χ0v) is 45.5. The van der Waals surface area contributed by atoms with Crippen molar-refractivity contribution in [2.75, 3.05) is 55.4 Å². The van der Waals surface area contributed by atoms with E-state index in [4.69, 9.17) is 33.1 Å². The van der Waals surface area contributed by atoms with Crippen molar-refractivity contribution in [2.24, 2.45) is 29.6 Å². The van der Waals surface area contributed by atoms with Gasteiger partial charge in [-0.3, -0.25) is 28.9 Å². The van der Waals surface area contributed by atoms with Gasteiger partial charge in [-0.2, -0.15) is 0 Å². The Morgan fingerprint density at radius 3 is 2.30 bits per heavy atom. The second kappa shape index (κ2) is 22.8. The summed E-state index contributed by atoms with van der Waals surface area (Å²) in [6.45, 7) is 20.9. The Labute approximate surface area is 438 Å². The summed E-state index contributed by atoms with van der Waals surface area (Å²) < 4.78 is 36.9. The topological polar surface area (TPSA) is 237 Å². The van der Waals surface area contributed by atoms with Crippen LogP contribution < -0.4 is 31.0 Å². The van der Waals surface area contributed by atoms with Crippen LogP contribution in [0.5, 0.6) is 11.5 Å². The predicted molar refractivity (Wildman–Crippen MR) is 285 cm³/mol. The fraction of sp³-hybridized carbons (Fsp3) is 0.527. The molecule has 1 amide bonds. The Hall–Kier alpha value is -6.02. The Morgan fingerprint density at radius 2 is 1.65 bits per heavy atom. The van der Waals surface area contributed by atoms with Crippen molar-refractivity contribution in [2.45, 2.75) is 112 Å². The third-order valence-corrected chi connectivity index (χ3v) is 15.1. The van der Waals surface area contributed by atoms with E-state index in [1.807, 2.05) is 0 Å². The van der Waals surface area contributed by atoms with Gasteiger partial charge in [0.2, 0.25) is 10.9 Å². The quantitative estimate of drug-likeness (QED) is 0.0568. The van der Waals surface area contributed by atoms with Crippen LogP contribution in [0.2, 0.25) is 0 Å². The van der Waals surface area contributed by atoms with E-state index in [1.165, 1.54) is 59.3 Å². The molecule has 9 atom stereocenters. The van der Waals surface area contributed by atoms with Gasteiger partial charge in [0, 0.05) is 123 Å². The van der Waals surface area contributed by atoms with Crippen molar-refractivity contribution in [3.8, 4) is 11.5 Å². The van der Waals surface area contributed by atoms with Gasteiger partial charge < -0.3 is 53.6 Å². The van der Waals surface area contributed by atoms with E-state index in [-0.39, 0.29) is 67.2 Å². The predicted octanol–water partition coefficient (Wildman–Crippen LogP) is 7.06. The monoisotopic (exact) mass is 1090 g/mol. The molecule has 74 heavy (non-hydrogen) atoms. The molecule has 0 spiro atoms. The lowest BCUT2D eigenvalue weighted by atomic mass is 9.78. The number of phenolic OH excluding ortho intramolecular Hbond substituents is 1. The zero-order chi connectivity index (χ0) is 54.1. The van der Waals surface area contributed by atoms with Gasteiger partial charge in [0.1, 0.15) is 34.9 Å². The highest BCUT2D eigenvalue weighted by Gasteiger charge is 2.45. The smallest absolute Gasteiger partial charge is 0.307 e. The average molecular weight is 1090 g/mol. The molecule has 19 heteroatoms. The number of phenols is 1. The molecule has 0 saturated carbocycles. The van der Waals surface area contributed by atoms with E-state index < -0.39 is 94.1 Å². The molecule has 3 aliphatic heterocycles. The van der Waals surface area contributed by atoms with Crippen molar-refractivity contribution in [1.29, 1.82) is 0 Å². The fourth-order valence-corrected chi connectivity index (χ4v) is 10.7. The highest BCUT2D eigenvalue weighted by molar-refractivity contribution is 9.09. The highest BCUT2D eigenvalue weighted by atomic mass is 79.9. The van der Waals surface area contributed by atoms with Crippen LogP contribution in [0.3, 0.4) is 0 Å². The van der Waals surface area contributed by atoms with Crippen molar-refractivity contribution in [1.82, 2.24) is 9.88 Å². The molecule has 3 aliphatic rings. The first kappa shape index (κ1) is 55.7. The van der Waals surface area contributed by atoms with E-state index in [2.05, 4.69) is 44.9 Å². The van der Waals surface area contributed by atoms with Crippen LogP contribution >= 0.6 is 15.9 Å². The van der Waals surface area contributed by atoms with Crippen LogP contribution in [0.1, 0.15) is 80.7 Å². The van der Waals surface area contributed by atoms with Crippen molar-refractivity contribution < 1.29 is 57.8 Å². The molecule has 4 bridgehead atoms. The lowest BCUT2D eigenvalue weighted by molar-refractivity contribution is -0.165. The molecule has 4 heterocycles. The van der Waals surface area contributed by atoms with E-state index in [1.54, 1.807) is 45.9 Å². The van der Waals surface area contributed by atoms with Crippen LogP contribution in [-0.2, 0) is 33.3 Å². The van der Waals surface area contributed by atoms with Gasteiger partial charge in [0.05, 0.1) is 29.1 Å². The number of rotatable bonds is 9. The maximum absolute atomic E-state index is 15.0. The average Bonchev–Trinajstić information content (AvgIpc) is 3.62. The molecule has 4 N–H and O–H groups in total. The number of esters is 2. The number of alkyl halides is 1. The third kappa shape index (κ3) is 11.2. The maximum atomic E-state index is 15.0. The number of nitrogens with one attached hydrogen (secondary N) is 1. The molecular weight excluding hydrogens is 1020 g/mol. The van der Waals surface area contributed by atoms with Crippen LogP contribution in [0.25, 0.3) is 38.7 Å². The molecule has 4 aromatic rings. The number of aromatic hydroxyl groups is 1. The van der Waals surface area contributed by atoms with Crippen molar-refractivity contribution >= 4 is 83.9 Å². The van der Waals surface area contributed by atoms with Crippen molar-refractivity contribution in [3.63, 3.8) is 0 Å². The molecule has 1 saturated heterocycles. The van der Waals surface area contributed by atoms with Gasteiger partial charge in [0.15, 0.2) is 22.4 Å². The molecule has 3 aromatic carbocycles. The number of hydrogen-bond donors (Lipinski definition) is 4. The Balaban J connectivity index is 1.45. The lowest BCUT2D eigenvalue weighted by Gasteiger charge is -2.39. The summed E-state index contributed by atoms with van der Waals surface area (Å²) in [6.07, 6.45) is 4.35. The maximum Gasteiger partial charge on any atom is 0.307 e. The van der Waals surface area contributed by atoms with Crippen LogP contribution in [0.4, 0.5) is 11.4 Å². The Kier molecular flexibility index (Phi) is 17.2. The lowest BCUT2D eigenvalue weighted by Crippen LogP contribution is -2.47. The number of aromatic nitrogens is 1. The largest absolute Gasteiger partial charge is 0.507 e. The number of carbonyl (C=O) groups excluding carboxylic acids is 3. The van der Waals surface area contributed by atoms with Gasteiger partial charge in [0.25, 0.3) is 5.91 Å². The number of allylic oxidation sites excluding steroid dienone is 2. The number of amides is 1. The number of aliphatic hydroxyl groups is 2. The number of ether oxygens (including phenoxy) is 5. The molecule has 1 aromatic heterocycles. The molecule has 400 valence electrons. The molecule has 7 rings (SSSR count). The molecule has 0 radical (unpaired) electrons. The standard InChI is InChI=1S/C55H69BrN4O14/c1-27(2)26-59-19-21-60(22-20-59)35-24-36(62)43-38(25-35)72-52-44(57-43)40-41-47(65)33(8)51-42(40)53(67)55(10,74-51)70-23-17-37(69-11)30(5)50(71-34(9)61)32(7)46(64)31(6)49(73-39(63)16-13-18-56)28(3)14-12-15-29(4)54(68)58-45(52)48(41)66/h12,14-15,17,23-25,27-28,30-32,37,46,49-50,64-65,67H,13,16,18-22,26H2,1-11H3,(H,58,68)/b14-12+,23-17+,29-15-/t28-,30+,31-,32+,37-,46+,49-,50+,55-/m0/s1. The second-order valence-electron chi connectivity index (χ2n) is 20.5. The number of piperazine rings is 1.